The fraction of sp³-hybridized carbons (Fsp3) is 0.294. The molecular formula is C17H15NO2. The zero-order valence-electron chi connectivity index (χ0n) is 11.1. The Morgan fingerprint density at radius 2 is 1.60 bits per heavy atom. The van der Waals surface area contributed by atoms with Crippen molar-refractivity contribution in [2.75, 3.05) is 5.32 Å². The number of anilines is 1. The van der Waals surface area contributed by atoms with Crippen LogP contribution < -0.4 is 14.8 Å². The van der Waals surface area contributed by atoms with Crippen LogP contribution in [0.15, 0.2) is 48.5 Å². The highest BCUT2D eigenvalue weighted by atomic mass is 16.6. The van der Waals surface area contributed by atoms with Crippen LogP contribution in [0.1, 0.15) is 24.8 Å². The first-order chi connectivity index (χ1) is 9.83. The predicted octanol–water partition coefficient (Wildman–Crippen LogP) is 3.66. The fourth-order valence-corrected chi connectivity index (χ4v) is 4.01. The number of nitrogens with one attached hydrogen (secondary N) is 1. The molecule has 3 heteroatoms. The lowest BCUT2D eigenvalue weighted by Crippen LogP contribution is -2.58. The van der Waals surface area contributed by atoms with Gasteiger partial charge in [0.1, 0.15) is 0 Å². The maximum Gasteiger partial charge on any atom is 0.225 e. The maximum absolute atomic E-state index is 6.50. The van der Waals surface area contributed by atoms with Gasteiger partial charge in [-0.2, -0.15) is 0 Å². The maximum atomic E-state index is 6.50. The molecule has 1 saturated carbocycles. The molecule has 2 heterocycles. The van der Waals surface area contributed by atoms with Crippen LogP contribution in [-0.4, -0.2) is 5.72 Å². The predicted molar refractivity (Wildman–Crippen MR) is 76.0 cm³/mol. The molecule has 0 unspecified atom stereocenters. The molecule has 1 fully saturated rings. The fourth-order valence-electron chi connectivity index (χ4n) is 4.01. The first kappa shape index (κ1) is 10.6. The lowest BCUT2D eigenvalue weighted by atomic mass is 9.88. The molecule has 0 bridgehead atoms. The summed E-state index contributed by atoms with van der Waals surface area (Å²) in [6.07, 6.45) is 3.07. The molecule has 3 nitrogen and oxygen atoms in total. The van der Waals surface area contributed by atoms with Crippen LogP contribution in [0.4, 0.5) is 5.69 Å². The molecule has 1 N–H and O–H groups in total. The summed E-state index contributed by atoms with van der Waals surface area (Å²) in [4.78, 5) is 0. The average molecular weight is 265 g/mol. The Hall–Kier alpha value is -2.16. The van der Waals surface area contributed by atoms with Crippen LogP contribution in [0.5, 0.6) is 11.5 Å². The Morgan fingerprint density at radius 3 is 2.50 bits per heavy atom. The van der Waals surface area contributed by atoms with Gasteiger partial charge >= 0.3 is 0 Å². The summed E-state index contributed by atoms with van der Waals surface area (Å²) >= 11 is 0. The van der Waals surface area contributed by atoms with E-state index >= 15 is 0 Å². The summed E-state index contributed by atoms with van der Waals surface area (Å²) in [6, 6.07) is 16.4. The van der Waals surface area contributed by atoms with Crippen molar-refractivity contribution in [3.63, 3.8) is 0 Å². The Balaban J connectivity index is 1.77. The van der Waals surface area contributed by atoms with Gasteiger partial charge in [0, 0.05) is 17.7 Å². The molecule has 0 spiro atoms. The number of hydrogen-bond donors (Lipinski definition) is 1. The summed E-state index contributed by atoms with van der Waals surface area (Å²) < 4.78 is 12.9. The number of ether oxygens (including phenoxy) is 2. The zero-order chi connectivity index (χ0) is 13.2. The second-order valence-corrected chi connectivity index (χ2v) is 5.83. The van der Waals surface area contributed by atoms with Crippen LogP contribution >= 0.6 is 0 Å². The Kier molecular flexibility index (Phi) is 1.74. The normalized spacial score (nSPS) is 32.0. The number of rotatable bonds is 0. The van der Waals surface area contributed by atoms with E-state index in [1.54, 1.807) is 0 Å². The third-order valence-corrected chi connectivity index (χ3v) is 4.83. The van der Waals surface area contributed by atoms with Crippen molar-refractivity contribution >= 4 is 5.69 Å². The average Bonchev–Trinajstić information content (AvgIpc) is 2.95. The van der Waals surface area contributed by atoms with Crippen LogP contribution in [0, 0.1) is 0 Å². The summed E-state index contributed by atoms with van der Waals surface area (Å²) in [5.41, 5.74) is 1.55. The van der Waals surface area contributed by atoms with Gasteiger partial charge in [0.15, 0.2) is 17.1 Å². The van der Waals surface area contributed by atoms with E-state index in [0.717, 1.165) is 36.4 Å². The van der Waals surface area contributed by atoms with Crippen molar-refractivity contribution in [3.05, 3.63) is 54.1 Å². The Morgan fingerprint density at radius 1 is 0.850 bits per heavy atom. The standard InChI is InChI=1S/C17H15NO2/c1-2-7-13-12(6-1)16-10-5-11-17(16,18-13)20-15-9-4-3-8-14(15)19-16/h1-4,6-9,18H,5,10-11H2/t16-,17-/m0/s1. The number of fused-ring (bicyclic) bond motifs is 2. The minimum absolute atomic E-state index is 0.377. The molecule has 2 aromatic carbocycles. The topological polar surface area (TPSA) is 30.5 Å². The molecule has 0 amide bonds. The number of hydrogen-bond acceptors (Lipinski definition) is 3. The smallest absolute Gasteiger partial charge is 0.225 e. The third-order valence-electron chi connectivity index (χ3n) is 4.83. The summed E-state index contributed by atoms with van der Waals surface area (Å²) in [5, 5.41) is 3.60. The second-order valence-electron chi connectivity index (χ2n) is 5.83. The minimum atomic E-state index is -0.439. The van der Waals surface area contributed by atoms with Gasteiger partial charge in [-0.1, -0.05) is 30.3 Å². The molecule has 2 aliphatic heterocycles. The molecule has 0 aromatic heterocycles. The van der Waals surface area contributed by atoms with Gasteiger partial charge < -0.3 is 14.8 Å². The second kappa shape index (κ2) is 3.29. The molecule has 2 aromatic rings. The summed E-state index contributed by atoms with van der Waals surface area (Å²) in [7, 11) is 0. The van der Waals surface area contributed by atoms with E-state index in [4.69, 9.17) is 9.47 Å². The van der Waals surface area contributed by atoms with Crippen molar-refractivity contribution in [3.8, 4) is 11.5 Å². The molecular weight excluding hydrogens is 250 g/mol. The highest BCUT2D eigenvalue weighted by molar-refractivity contribution is 5.65. The van der Waals surface area contributed by atoms with Gasteiger partial charge in [-0.15, -0.1) is 0 Å². The van der Waals surface area contributed by atoms with Crippen LogP contribution in [0.3, 0.4) is 0 Å². The van der Waals surface area contributed by atoms with Gasteiger partial charge in [-0.05, 0) is 31.0 Å². The monoisotopic (exact) mass is 265 g/mol. The van der Waals surface area contributed by atoms with Crippen LogP contribution in [0.2, 0.25) is 0 Å². The summed E-state index contributed by atoms with van der Waals surface area (Å²) in [6.45, 7) is 0. The molecule has 100 valence electrons. The van der Waals surface area contributed by atoms with E-state index < -0.39 is 5.72 Å². The summed E-state index contributed by atoms with van der Waals surface area (Å²) in [5.74, 6) is 1.69. The molecule has 5 rings (SSSR count). The van der Waals surface area contributed by atoms with Crippen LogP contribution in [-0.2, 0) is 5.60 Å². The van der Waals surface area contributed by atoms with E-state index in [0.29, 0.717) is 0 Å². The first-order valence-electron chi connectivity index (χ1n) is 7.18. The molecule has 20 heavy (non-hydrogen) atoms. The SMILES string of the molecule is c1ccc2c(c1)N[C@]13CCC[C@]21Oc1ccccc1O3. The van der Waals surface area contributed by atoms with Crippen LogP contribution in [0.25, 0.3) is 0 Å². The van der Waals surface area contributed by atoms with Gasteiger partial charge in [0.05, 0.1) is 0 Å². The van der Waals surface area contributed by atoms with Crippen molar-refractivity contribution in [2.24, 2.45) is 0 Å². The minimum Gasteiger partial charge on any atom is -0.472 e. The molecule has 1 aliphatic carbocycles. The molecule has 0 saturated heterocycles. The number of benzene rings is 2. The molecule has 2 atom stereocenters. The van der Waals surface area contributed by atoms with E-state index in [2.05, 4.69) is 29.6 Å². The van der Waals surface area contributed by atoms with Gasteiger partial charge in [-0.3, -0.25) is 0 Å². The number of para-hydroxylation sites is 3. The lowest BCUT2D eigenvalue weighted by Gasteiger charge is -2.44. The lowest BCUT2D eigenvalue weighted by molar-refractivity contribution is -0.101. The van der Waals surface area contributed by atoms with Gasteiger partial charge in [0.25, 0.3) is 0 Å². The molecule has 3 aliphatic rings. The van der Waals surface area contributed by atoms with E-state index in [1.165, 1.54) is 5.56 Å². The third kappa shape index (κ3) is 1.04. The molecule has 0 radical (unpaired) electrons. The largest absolute Gasteiger partial charge is 0.472 e. The highest BCUT2D eigenvalue weighted by Crippen LogP contribution is 2.61. The Labute approximate surface area is 117 Å². The van der Waals surface area contributed by atoms with E-state index in [9.17, 15) is 0 Å². The first-order valence-corrected chi connectivity index (χ1v) is 7.18. The van der Waals surface area contributed by atoms with Crippen molar-refractivity contribution in [1.29, 1.82) is 0 Å². The van der Waals surface area contributed by atoms with Crippen molar-refractivity contribution in [1.82, 2.24) is 0 Å². The quantitative estimate of drug-likeness (QED) is 0.788. The zero-order valence-corrected chi connectivity index (χ0v) is 11.1. The van der Waals surface area contributed by atoms with Gasteiger partial charge in [0.2, 0.25) is 5.72 Å². The Bertz CT molecular complexity index is 714. The van der Waals surface area contributed by atoms with Gasteiger partial charge in [-0.25, -0.2) is 0 Å². The van der Waals surface area contributed by atoms with Crippen molar-refractivity contribution < 1.29 is 9.47 Å². The highest BCUT2D eigenvalue weighted by Gasteiger charge is 2.67. The van der Waals surface area contributed by atoms with E-state index in [1.807, 2.05) is 24.3 Å². The van der Waals surface area contributed by atoms with Crippen molar-refractivity contribution in [2.45, 2.75) is 30.6 Å². The van der Waals surface area contributed by atoms with E-state index in [-0.39, 0.29) is 5.60 Å².